The summed E-state index contributed by atoms with van der Waals surface area (Å²) >= 11 is 0. The fourth-order valence-corrected chi connectivity index (χ4v) is 4.66. The Morgan fingerprint density at radius 1 is 1.10 bits per heavy atom. The zero-order valence-corrected chi connectivity index (χ0v) is 20.0. The Hall–Kier alpha value is -1.87. The predicted octanol–water partition coefficient (Wildman–Crippen LogP) is 2.64. The van der Waals surface area contributed by atoms with Gasteiger partial charge in [0, 0.05) is 45.5 Å². The van der Waals surface area contributed by atoms with Crippen molar-refractivity contribution in [1.82, 2.24) is 14.8 Å². The van der Waals surface area contributed by atoms with Gasteiger partial charge in [0.15, 0.2) is 14.9 Å². The highest BCUT2D eigenvalue weighted by molar-refractivity contribution is 7.90. The smallest absolute Gasteiger partial charge is 0.410 e. The molecule has 8 nitrogen and oxygen atoms in total. The lowest BCUT2D eigenvalue weighted by molar-refractivity contribution is 0.0177. The Kier molecular flexibility index (Phi) is 7.47. The van der Waals surface area contributed by atoms with E-state index in [1.807, 2.05) is 31.7 Å². The lowest BCUT2D eigenvalue weighted by atomic mass is 9.93. The van der Waals surface area contributed by atoms with Gasteiger partial charge in [-0.3, -0.25) is 4.90 Å². The molecule has 0 atom stereocenters. The quantitative estimate of drug-likeness (QED) is 0.679. The first-order chi connectivity index (χ1) is 14.5. The molecule has 0 aromatic carbocycles. The van der Waals surface area contributed by atoms with Crippen molar-refractivity contribution in [3.8, 4) is 0 Å². The highest BCUT2D eigenvalue weighted by atomic mass is 32.2. The maximum absolute atomic E-state index is 12.2. The van der Waals surface area contributed by atoms with Crippen LogP contribution in [-0.4, -0.2) is 87.0 Å². The molecule has 2 aliphatic heterocycles. The van der Waals surface area contributed by atoms with Gasteiger partial charge in [-0.1, -0.05) is 0 Å². The van der Waals surface area contributed by atoms with Crippen molar-refractivity contribution in [2.75, 3.05) is 57.0 Å². The fourth-order valence-electron chi connectivity index (χ4n) is 4.10. The number of rotatable bonds is 5. The summed E-state index contributed by atoms with van der Waals surface area (Å²) in [6.07, 6.45) is 5.88. The Balaban J connectivity index is 1.37. The van der Waals surface area contributed by atoms with Gasteiger partial charge in [0.25, 0.3) is 0 Å². The van der Waals surface area contributed by atoms with E-state index in [4.69, 9.17) is 4.74 Å². The summed E-state index contributed by atoms with van der Waals surface area (Å²) in [5.74, 6) is 0.657. The number of aromatic nitrogens is 1. The number of anilines is 1. The second-order valence-electron chi connectivity index (χ2n) is 9.65. The molecule has 3 heterocycles. The van der Waals surface area contributed by atoms with E-state index in [9.17, 15) is 13.2 Å². The molecule has 1 amide bonds. The van der Waals surface area contributed by atoms with Crippen molar-refractivity contribution < 1.29 is 17.9 Å². The summed E-state index contributed by atoms with van der Waals surface area (Å²) in [5, 5.41) is 0.118. The second-order valence-corrected chi connectivity index (χ2v) is 11.6. The minimum Gasteiger partial charge on any atom is -0.444 e. The van der Waals surface area contributed by atoms with Crippen LogP contribution in [0.25, 0.3) is 0 Å². The lowest BCUT2D eigenvalue weighted by Crippen LogP contribution is -2.47. The normalized spacial score (nSPS) is 19.5. The van der Waals surface area contributed by atoms with Crippen molar-refractivity contribution in [3.63, 3.8) is 0 Å². The van der Waals surface area contributed by atoms with Crippen LogP contribution in [0.2, 0.25) is 0 Å². The van der Waals surface area contributed by atoms with Gasteiger partial charge in [-0.15, -0.1) is 0 Å². The summed E-state index contributed by atoms with van der Waals surface area (Å²) in [4.78, 5) is 22.9. The van der Waals surface area contributed by atoms with E-state index in [0.29, 0.717) is 5.92 Å². The van der Waals surface area contributed by atoms with E-state index in [1.54, 1.807) is 12.3 Å². The lowest BCUT2D eigenvalue weighted by Gasteiger charge is -2.37. The van der Waals surface area contributed by atoms with Crippen LogP contribution in [0.4, 0.5) is 10.5 Å². The number of hydrogen-bond donors (Lipinski definition) is 0. The number of pyridine rings is 1. The van der Waals surface area contributed by atoms with Crippen molar-refractivity contribution in [1.29, 1.82) is 0 Å². The highest BCUT2D eigenvalue weighted by Crippen LogP contribution is 2.23. The molecule has 0 aliphatic carbocycles. The van der Waals surface area contributed by atoms with Gasteiger partial charge in [0.1, 0.15) is 5.60 Å². The number of carbonyl (C=O) groups excluding carboxylic acids is 1. The SMILES string of the molecule is CC(C)(C)OC(=O)N1CCC(CCN2CCN(c3ccc(S(C)(=O)=O)nc3)CC2)CC1. The zero-order chi connectivity index (χ0) is 22.6. The molecule has 1 aromatic heterocycles. The highest BCUT2D eigenvalue weighted by Gasteiger charge is 2.27. The molecule has 2 fully saturated rings. The van der Waals surface area contributed by atoms with Gasteiger partial charge < -0.3 is 14.5 Å². The molecule has 3 rings (SSSR count). The largest absolute Gasteiger partial charge is 0.444 e. The number of piperazine rings is 1. The van der Waals surface area contributed by atoms with Crippen molar-refractivity contribution in [2.45, 2.75) is 50.7 Å². The third-order valence-corrected chi connectivity index (χ3v) is 6.96. The molecule has 174 valence electrons. The van der Waals surface area contributed by atoms with E-state index < -0.39 is 15.4 Å². The first kappa shape index (κ1) is 23.8. The van der Waals surface area contributed by atoms with Gasteiger partial charge in [0.2, 0.25) is 0 Å². The molecule has 1 aromatic rings. The minimum absolute atomic E-state index is 0.118. The number of amides is 1. The van der Waals surface area contributed by atoms with Crippen molar-refractivity contribution in [2.24, 2.45) is 5.92 Å². The van der Waals surface area contributed by atoms with Crippen LogP contribution < -0.4 is 4.90 Å². The van der Waals surface area contributed by atoms with Crippen LogP contribution in [-0.2, 0) is 14.6 Å². The molecular weight excluding hydrogens is 416 g/mol. The van der Waals surface area contributed by atoms with Gasteiger partial charge in [-0.2, -0.15) is 0 Å². The minimum atomic E-state index is -3.26. The number of piperidine rings is 1. The van der Waals surface area contributed by atoms with Crippen LogP contribution >= 0.6 is 0 Å². The average Bonchev–Trinajstić information content (AvgIpc) is 2.71. The first-order valence-corrected chi connectivity index (χ1v) is 13.0. The Morgan fingerprint density at radius 2 is 1.74 bits per heavy atom. The maximum atomic E-state index is 12.2. The molecule has 0 bridgehead atoms. The topological polar surface area (TPSA) is 83.0 Å². The number of likely N-dealkylation sites (tertiary alicyclic amines) is 1. The van der Waals surface area contributed by atoms with Crippen molar-refractivity contribution in [3.05, 3.63) is 18.3 Å². The zero-order valence-electron chi connectivity index (χ0n) is 19.2. The van der Waals surface area contributed by atoms with Crippen LogP contribution in [0.5, 0.6) is 0 Å². The molecule has 0 saturated carbocycles. The number of ether oxygens (including phenoxy) is 1. The maximum Gasteiger partial charge on any atom is 0.410 e. The standard InChI is InChI=1S/C22H36N4O4S/c1-22(2,3)30-21(27)26-11-8-18(9-12-26)7-10-24-13-15-25(16-14-24)19-5-6-20(23-17-19)31(4,28)29/h5-6,17-18H,7-16H2,1-4H3. The molecule has 0 spiro atoms. The second kappa shape index (κ2) is 9.73. The monoisotopic (exact) mass is 452 g/mol. The van der Waals surface area contributed by atoms with Crippen LogP contribution in [0.1, 0.15) is 40.0 Å². The molecule has 2 saturated heterocycles. The summed E-state index contributed by atoms with van der Waals surface area (Å²) in [7, 11) is -3.26. The van der Waals surface area contributed by atoms with E-state index in [0.717, 1.165) is 70.8 Å². The van der Waals surface area contributed by atoms with Gasteiger partial charge >= 0.3 is 6.09 Å². The summed E-state index contributed by atoms with van der Waals surface area (Å²) < 4.78 is 28.6. The third kappa shape index (κ3) is 7.07. The summed E-state index contributed by atoms with van der Waals surface area (Å²) in [5.41, 5.74) is 0.531. The van der Waals surface area contributed by atoms with Gasteiger partial charge in [0.05, 0.1) is 11.9 Å². The predicted molar refractivity (Wildman–Crippen MR) is 121 cm³/mol. The number of carbonyl (C=O) groups is 1. The molecule has 0 N–H and O–H groups in total. The van der Waals surface area contributed by atoms with E-state index in [1.165, 1.54) is 6.26 Å². The molecular formula is C22H36N4O4S. The Bertz CT molecular complexity index is 835. The van der Waals surface area contributed by atoms with Crippen LogP contribution in [0.3, 0.4) is 0 Å². The molecule has 2 aliphatic rings. The summed E-state index contributed by atoms with van der Waals surface area (Å²) in [6, 6.07) is 3.43. The third-order valence-electron chi connectivity index (χ3n) is 5.96. The van der Waals surface area contributed by atoms with E-state index in [2.05, 4.69) is 14.8 Å². The first-order valence-electron chi connectivity index (χ1n) is 11.1. The van der Waals surface area contributed by atoms with Crippen LogP contribution in [0.15, 0.2) is 23.4 Å². The van der Waals surface area contributed by atoms with Crippen molar-refractivity contribution >= 4 is 21.6 Å². The van der Waals surface area contributed by atoms with Crippen LogP contribution in [0, 0.1) is 5.92 Å². The average molecular weight is 453 g/mol. The number of sulfone groups is 1. The number of nitrogens with zero attached hydrogens (tertiary/aromatic N) is 4. The molecule has 0 unspecified atom stereocenters. The Labute approximate surface area is 186 Å². The van der Waals surface area contributed by atoms with E-state index >= 15 is 0 Å². The van der Waals surface area contributed by atoms with E-state index in [-0.39, 0.29) is 11.1 Å². The summed E-state index contributed by atoms with van der Waals surface area (Å²) in [6.45, 7) is 12.2. The van der Waals surface area contributed by atoms with Gasteiger partial charge in [-0.25, -0.2) is 18.2 Å². The molecule has 9 heteroatoms. The fraction of sp³-hybridized carbons (Fsp3) is 0.727. The number of hydrogen-bond acceptors (Lipinski definition) is 7. The molecule has 31 heavy (non-hydrogen) atoms. The Morgan fingerprint density at radius 3 is 2.26 bits per heavy atom. The van der Waals surface area contributed by atoms with Gasteiger partial charge in [-0.05, 0) is 64.6 Å². The molecule has 0 radical (unpaired) electrons.